The predicted molar refractivity (Wildman–Crippen MR) is 220 cm³/mol. The van der Waals surface area contributed by atoms with Gasteiger partial charge in [0.2, 0.25) is 0 Å². The van der Waals surface area contributed by atoms with E-state index in [-0.39, 0.29) is 41.4 Å². The fraction of sp³-hybridized carbons (Fsp3) is 0.440. The summed E-state index contributed by atoms with van der Waals surface area (Å²) in [5, 5.41) is 15.0. The van der Waals surface area contributed by atoms with E-state index in [0.29, 0.717) is 23.1 Å². The van der Waals surface area contributed by atoms with Gasteiger partial charge in [-0.25, -0.2) is 9.59 Å². The van der Waals surface area contributed by atoms with Crippen molar-refractivity contribution in [2.24, 2.45) is 29.1 Å². The van der Waals surface area contributed by atoms with Crippen molar-refractivity contribution in [2.45, 2.75) is 110 Å². The van der Waals surface area contributed by atoms with Crippen LogP contribution in [0.1, 0.15) is 108 Å². The van der Waals surface area contributed by atoms with E-state index in [4.69, 9.17) is 9.47 Å². The molecule has 1 spiro atoms. The lowest BCUT2D eigenvalue weighted by molar-refractivity contribution is -0.135. The highest BCUT2D eigenvalue weighted by molar-refractivity contribution is 6.07. The number of ether oxygens (including phenoxy) is 2. The van der Waals surface area contributed by atoms with Gasteiger partial charge in [-0.05, 0) is 139 Å². The average Bonchev–Trinajstić information content (AvgIpc) is 3.71. The number of carbonyl (C=O) groups is 2. The summed E-state index contributed by atoms with van der Waals surface area (Å²) in [5.74, 6) is 1.09. The van der Waals surface area contributed by atoms with Crippen molar-refractivity contribution in [1.29, 1.82) is 0 Å². The Balaban J connectivity index is 1.20. The third-order valence-corrected chi connectivity index (χ3v) is 13.9. The van der Waals surface area contributed by atoms with E-state index in [0.717, 1.165) is 91.3 Å². The highest BCUT2D eigenvalue weighted by atomic mass is 16.5. The van der Waals surface area contributed by atoms with Gasteiger partial charge in [0.15, 0.2) is 0 Å². The molecule has 1 saturated heterocycles. The summed E-state index contributed by atoms with van der Waals surface area (Å²) in [6.07, 6.45) is 17.5. The third kappa shape index (κ3) is 6.38. The van der Waals surface area contributed by atoms with Gasteiger partial charge in [0.1, 0.15) is 17.3 Å². The lowest BCUT2D eigenvalue weighted by Gasteiger charge is -2.56. The Morgan fingerprint density at radius 2 is 1.68 bits per heavy atom. The van der Waals surface area contributed by atoms with E-state index in [1.165, 1.54) is 43.2 Å². The second-order valence-electron chi connectivity index (χ2n) is 17.1. The van der Waals surface area contributed by atoms with Gasteiger partial charge in [-0.1, -0.05) is 94.1 Å². The number of carbonyl (C=O) groups excluding carboxylic acids is 2. The molecule has 2 N–H and O–H groups in total. The first-order chi connectivity index (χ1) is 27.4. The summed E-state index contributed by atoms with van der Waals surface area (Å²) >= 11 is 0. The lowest BCUT2D eigenvalue weighted by atomic mass is 9.44. The molecule has 0 unspecified atom stereocenters. The van der Waals surface area contributed by atoms with E-state index in [1.54, 1.807) is 6.07 Å². The number of nitrogens with one attached hydrogen (secondary N) is 1. The molecule has 2 heterocycles. The van der Waals surface area contributed by atoms with Gasteiger partial charge in [0.25, 0.3) is 0 Å². The highest BCUT2D eigenvalue weighted by Crippen LogP contribution is 2.72. The van der Waals surface area contributed by atoms with Crippen LogP contribution in [0.5, 0.6) is 5.75 Å². The molecular weight excluding hydrogens is 695 g/mol. The normalized spacial score (nSPS) is 27.7. The number of esters is 2. The molecule has 2 saturated carbocycles. The Bertz CT molecular complexity index is 2150. The molecule has 2 bridgehead atoms. The van der Waals surface area contributed by atoms with Gasteiger partial charge in [0.05, 0.1) is 11.0 Å². The summed E-state index contributed by atoms with van der Waals surface area (Å²) < 4.78 is 12.6. The Hall–Kier alpha value is -4.68. The number of hydrogen-bond donors (Lipinski definition) is 2. The van der Waals surface area contributed by atoms with Crippen molar-refractivity contribution in [3.05, 3.63) is 130 Å². The van der Waals surface area contributed by atoms with Crippen molar-refractivity contribution < 1.29 is 24.2 Å². The number of phenols is 1. The molecule has 0 aromatic heterocycles. The van der Waals surface area contributed by atoms with Crippen LogP contribution >= 0.6 is 0 Å². The number of cyclic esters (lactones) is 2. The molecule has 6 heteroatoms. The van der Waals surface area contributed by atoms with Crippen LogP contribution in [-0.4, -0.2) is 23.1 Å². The maximum atomic E-state index is 14.8. The van der Waals surface area contributed by atoms with Gasteiger partial charge in [-0.3, -0.25) is 0 Å². The highest BCUT2D eigenvalue weighted by Gasteiger charge is 2.68. The van der Waals surface area contributed by atoms with Crippen LogP contribution in [0.25, 0.3) is 16.7 Å². The molecule has 6 nitrogen and oxygen atoms in total. The molecule has 7 aliphatic rings. The standard InChI is InChI=1S/C50H55NO5/c1-3-5-19-42-40-23-22-39-38-24-25-50(46(39)45(40)48(53)55-42)43(28-31(4-2)26-32-13-8-6-9-14-32)56-49(54)47(50)44(38)41-29-36(52)20-21-37(41)34-16-12-15-33(27-34)30-51-35-17-10-7-11-18-35/h6,8-9,12-16,19-21,27-29,31,35,38-39,46,51-52H,3-5,7,10-11,17-18,22-26,30H2,1-2H3/t31-,38+,39+,46+,50+/m1/s1. The number of hydrogen-bond acceptors (Lipinski definition) is 6. The number of unbranched alkanes of at least 4 members (excludes halogenated alkanes) is 1. The van der Waals surface area contributed by atoms with Crippen molar-refractivity contribution in [2.75, 3.05) is 0 Å². The number of allylic oxidation sites excluding steroid dienone is 5. The van der Waals surface area contributed by atoms with Crippen molar-refractivity contribution in [3.63, 3.8) is 0 Å². The summed E-state index contributed by atoms with van der Waals surface area (Å²) in [4.78, 5) is 28.9. The molecule has 3 aromatic rings. The summed E-state index contributed by atoms with van der Waals surface area (Å²) in [5.41, 5.74) is 8.11. The summed E-state index contributed by atoms with van der Waals surface area (Å²) in [6, 6.07) is 25.4. The Morgan fingerprint density at radius 3 is 2.48 bits per heavy atom. The number of rotatable bonds is 11. The average molecular weight is 750 g/mol. The van der Waals surface area contributed by atoms with E-state index in [9.17, 15) is 14.7 Å². The Kier molecular flexibility index (Phi) is 10.1. The van der Waals surface area contributed by atoms with Crippen LogP contribution < -0.4 is 5.32 Å². The van der Waals surface area contributed by atoms with Crippen molar-refractivity contribution in [1.82, 2.24) is 5.32 Å². The maximum absolute atomic E-state index is 14.8. The van der Waals surface area contributed by atoms with Crippen LogP contribution in [0, 0.1) is 29.1 Å². The Morgan fingerprint density at radius 1 is 0.857 bits per heavy atom. The second-order valence-corrected chi connectivity index (χ2v) is 17.1. The topological polar surface area (TPSA) is 84.9 Å². The van der Waals surface area contributed by atoms with Crippen LogP contribution in [0.3, 0.4) is 0 Å². The Labute approximate surface area is 331 Å². The number of benzene rings is 3. The van der Waals surface area contributed by atoms with Crippen molar-refractivity contribution in [3.8, 4) is 16.9 Å². The van der Waals surface area contributed by atoms with E-state index in [2.05, 4.69) is 79.8 Å². The molecule has 0 radical (unpaired) electrons. The number of aromatic hydroxyl groups is 1. The minimum absolute atomic E-state index is 0.0253. The number of phenolic OH excluding ortho intramolecular Hbond substituents is 1. The summed E-state index contributed by atoms with van der Waals surface area (Å²) in [7, 11) is 0. The van der Waals surface area contributed by atoms with E-state index >= 15 is 0 Å². The van der Waals surface area contributed by atoms with Crippen LogP contribution in [0.4, 0.5) is 0 Å². The molecule has 10 rings (SSSR count). The van der Waals surface area contributed by atoms with Crippen LogP contribution in [0.15, 0.2) is 113 Å². The quantitative estimate of drug-likeness (QED) is 0.190. The third-order valence-electron chi connectivity index (χ3n) is 13.9. The van der Waals surface area contributed by atoms with Gasteiger partial charge in [0, 0.05) is 29.7 Å². The predicted octanol–water partition coefficient (Wildman–Crippen LogP) is 10.9. The molecule has 290 valence electrons. The zero-order valence-corrected chi connectivity index (χ0v) is 32.9. The van der Waals surface area contributed by atoms with E-state index < -0.39 is 5.41 Å². The molecule has 5 atom stereocenters. The molecular formula is C50H55NO5. The largest absolute Gasteiger partial charge is 0.508 e. The van der Waals surface area contributed by atoms with Gasteiger partial charge < -0.3 is 19.9 Å². The molecule has 2 aliphatic heterocycles. The summed E-state index contributed by atoms with van der Waals surface area (Å²) in [6.45, 7) is 5.13. The molecule has 0 amide bonds. The zero-order chi connectivity index (χ0) is 38.4. The minimum Gasteiger partial charge on any atom is -0.508 e. The fourth-order valence-corrected chi connectivity index (χ4v) is 11.4. The van der Waals surface area contributed by atoms with Gasteiger partial charge in [-0.15, -0.1) is 0 Å². The minimum atomic E-state index is -0.801. The second kappa shape index (κ2) is 15.3. The molecule has 3 aromatic carbocycles. The van der Waals surface area contributed by atoms with Crippen LogP contribution in [0.2, 0.25) is 0 Å². The first-order valence-corrected chi connectivity index (χ1v) is 21.4. The van der Waals surface area contributed by atoms with Gasteiger partial charge in [-0.2, -0.15) is 0 Å². The van der Waals surface area contributed by atoms with Crippen LogP contribution in [-0.2, 0) is 32.0 Å². The van der Waals surface area contributed by atoms with Crippen molar-refractivity contribution >= 4 is 17.5 Å². The smallest absolute Gasteiger partial charge is 0.340 e. The molecule has 3 fully saturated rings. The number of fused-ring (bicyclic) bond motifs is 1. The maximum Gasteiger partial charge on any atom is 0.340 e. The first kappa shape index (κ1) is 36.9. The zero-order valence-electron chi connectivity index (χ0n) is 32.9. The monoisotopic (exact) mass is 749 g/mol. The fourth-order valence-electron chi connectivity index (χ4n) is 11.4. The first-order valence-electron chi connectivity index (χ1n) is 21.4. The van der Waals surface area contributed by atoms with Gasteiger partial charge >= 0.3 is 11.9 Å². The SMILES string of the molecule is CCCC=C1OC(=O)C2=C1CC[C@H]1[C@@H]3CC[C@]4(C(=C[C@H](CC)Cc5ccccc5)OC(=O)C4=C3c3cc(O)ccc3-c3cccc(CNC4CCCCC4)c3)[C@H]21. The molecule has 56 heavy (non-hydrogen) atoms. The van der Waals surface area contributed by atoms with E-state index in [1.807, 2.05) is 18.2 Å². The molecule has 5 aliphatic carbocycles. The lowest BCUT2D eigenvalue weighted by Crippen LogP contribution is -2.52.